The lowest BCUT2D eigenvalue weighted by Crippen LogP contribution is -2.36. The molecule has 8 heteroatoms. The third-order valence-electron chi connectivity index (χ3n) is 4.78. The molecule has 6 nitrogen and oxygen atoms in total. The predicted octanol–water partition coefficient (Wildman–Crippen LogP) is 4.92. The van der Waals surface area contributed by atoms with Crippen molar-refractivity contribution in [3.8, 4) is 22.7 Å². The van der Waals surface area contributed by atoms with Crippen molar-refractivity contribution in [3.63, 3.8) is 0 Å². The third-order valence-corrected chi connectivity index (χ3v) is 5.40. The summed E-state index contributed by atoms with van der Waals surface area (Å²) in [7, 11) is 0. The van der Waals surface area contributed by atoms with Crippen LogP contribution in [0, 0.1) is 5.82 Å². The highest BCUT2D eigenvalue weighted by atomic mass is 79.9. The number of ether oxygens (including phenoxy) is 1. The van der Waals surface area contributed by atoms with E-state index in [4.69, 9.17) is 9.84 Å². The van der Waals surface area contributed by atoms with Gasteiger partial charge < -0.3 is 10.1 Å². The van der Waals surface area contributed by atoms with Crippen molar-refractivity contribution in [1.29, 1.82) is 0 Å². The Morgan fingerprint density at radius 1 is 1.16 bits per heavy atom. The van der Waals surface area contributed by atoms with Gasteiger partial charge >= 0.3 is 0 Å². The first-order valence-electron chi connectivity index (χ1n) is 9.95. The highest BCUT2D eigenvalue weighted by Crippen LogP contribution is 2.27. The van der Waals surface area contributed by atoms with Gasteiger partial charge in [-0.2, -0.15) is 5.10 Å². The molecule has 0 spiro atoms. The Hall–Kier alpha value is -3.52. The van der Waals surface area contributed by atoms with E-state index in [0.29, 0.717) is 10.2 Å². The standard InChI is InChI=1S/C24H20BrFN4O2/c1-16(32-22-8-7-19(26)13-21(22)25)24(31)28-14-18-15-30(20-5-3-2-4-6-20)29-23(18)17-9-11-27-12-10-17/h2-13,15-16H,14H2,1H3,(H,28,31). The van der Waals surface area contributed by atoms with Crippen LogP contribution >= 0.6 is 15.9 Å². The number of carbonyl (C=O) groups excluding carboxylic acids is 1. The Labute approximate surface area is 193 Å². The number of nitrogens with zero attached hydrogens (tertiary/aromatic N) is 3. The second kappa shape index (κ2) is 9.74. The number of nitrogens with one attached hydrogen (secondary N) is 1. The first kappa shape index (κ1) is 21.7. The van der Waals surface area contributed by atoms with Crippen molar-refractivity contribution in [2.45, 2.75) is 19.6 Å². The number of carbonyl (C=O) groups is 1. The molecule has 32 heavy (non-hydrogen) atoms. The first-order valence-corrected chi connectivity index (χ1v) is 10.7. The maximum atomic E-state index is 13.3. The predicted molar refractivity (Wildman–Crippen MR) is 123 cm³/mol. The van der Waals surface area contributed by atoms with E-state index in [1.807, 2.05) is 48.7 Å². The fourth-order valence-corrected chi connectivity index (χ4v) is 3.59. The van der Waals surface area contributed by atoms with Crippen LogP contribution in [0.5, 0.6) is 5.75 Å². The number of hydrogen-bond acceptors (Lipinski definition) is 4. The summed E-state index contributed by atoms with van der Waals surface area (Å²) in [4.78, 5) is 16.7. The lowest BCUT2D eigenvalue weighted by Gasteiger charge is -2.15. The molecule has 2 heterocycles. The minimum atomic E-state index is -0.773. The second-order valence-electron chi connectivity index (χ2n) is 7.07. The summed E-state index contributed by atoms with van der Waals surface area (Å²) < 4.78 is 21.2. The normalized spacial score (nSPS) is 11.7. The fraction of sp³-hybridized carbons (Fsp3) is 0.125. The van der Waals surface area contributed by atoms with Gasteiger partial charge in [0, 0.05) is 36.3 Å². The zero-order valence-corrected chi connectivity index (χ0v) is 18.8. The summed E-state index contributed by atoms with van der Waals surface area (Å²) in [6.45, 7) is 1.91. The zero-order chi connectivity index (χ0) is 22.5. The smallest absolute Gasteiger partial charge is 0.261 e. The van der Waals surface area contributed by atoms with Gasteiger partial charge in [0.25, 0.3) is 5.91 Å². The van der Waals surface area contributed by atoms with E-state index in [1.54, 1.807) is 24.0 Å². The lowest BCUT2D eigenvalue weighted by atomic mass is 10.1. The Morgan fingerprint density at radius 3 is 2.62 bits per heavy atom. The van der Waals surface area contributed by atoms with Crippen molar-refractivity contribution in [3.05, 3.63) is 95.1 Å². The number of rotatable bonds is 7. The zero-order valence-electron chi connectivity index (χ0n) is 17.2. The van der Waals surface area contributed by atoms with Crippen molar-refractivity contribution >= 4 is 21.8 Å². The largest absolute Gasteiger partial charge is 0.480 e. The number of hydrogen-bond donors (Lipinski definition) is 1. The summed E-state index contributed by atoms with van der Waals surface area (Å²) in [5.74, 6) is -0.293. The van der Waals surface area contributed by atoms with Crippen molar-refractivity contribution < 1.29 is 13.9 Å². The molecule has 0 aliphatic carbocycles. The number of pyridine rings is 1. The minimum absolute atomic E-state index is 0.265. The van der Waals surface area contributed by atoms with E-state index in [-0.39, 0.29) is 18.3 Å². The first-order chi connectivity index (χ1) is 15.5. The summed E-state index contributed by atoms with van der Waals surface area (Å²) in [5.41, 5.74) is 3.42. The average Bonchev–Trinajstić information content (AvgIpc) is 3.25. The molecule has 0 radical (unpaired) electrons. The molecule has 4 rings (SSSR count). The molecule has 162 valence electrons. The molecule has 4 aromatic rings. The molecule has 0 saturated heterocycles. The van der Waals surface area contributed by atoms with Crippen molar-refractivity contribution in [2.24, 2.45) is 0 Å². The third kappa shape index (κ3) is 5.03. The molecule has 1 N–H and O–H groups in total. The summed E-state index contributed by atoms with van der Waals surface area (Å²) in [6.07, 6.45) is 4.53. The topological polar surface area (TPSA) is 69.0 Å². The molecular formula is C24H20BrFN4O2. The van der Waals surface area contributed by atoms with Crippen LogP contribution in [0.25, 0.3) is 16.9 Å². The fourth-order valence-electron chi connectivity index (χ4n) is 3.15. The van der Waals surface area contributed by atoms with Crippen LogP contribution < -0.4 is 10.1 Å². The second-order valence-corrected chi connectivity index (χ2v) is 7.93. The van der Waals surface area contributed by atoms with E-state index < -0.39 is 6.10 Å². The van der Waals surface area contributed by atoms with Gasteiger partial charge in [0.05, 0.1) is 15.9 Å². The lowest BCUT2D eigenvalue weighted by molar-refractivity contribution is -0.127. The Bertz CT molecular complexity index is 1220. The molecule has 0 aliphatic rings. The molecular weight excluding hydrogens is 475 g/mol. The maximum absolute atomic E-state index is 13.3. The van der Waals surface area contributed by atoms with Crippen LogP contribution in [0.4, 0.5) is 4.39 Å². The molecule has 1 atom stereocenters. The van der Waals surface area contributed by atoms with Gasteiger partial charge in [-0.15, -0.1) is 0 Å². The Kier molecular flexibility index (Phi) is 6.61. The molecule has 1 amide bonds. The van der Waals surface area contributed by atoms with Crippen LogP contribution in [-0.4, -0.2) is 26.8 Å². The molecule has 0 fully saturated rings. The number of amides is 1. The number of benzene rings is 2. The van der Waals surface area contributed by atoms with E-state index in [2.05, 4.69) is 26.2 Å². The minimum Gasteiger partial charge on any atom is -0.480 e. The van der Waals surface area contributed by atoms with Gasteiger partial charge in [-0.05, 0) is 65.3 Å². The SMILES string of the molecule is CC(Oc1ccc(F)cc1Br)C(=O)NCc1cn(-c2ccccc2)nc1-c1ccncc1. The van der Waals surface area contributed by atoms with Gasteiger partial charge in [0.2, 0.25) is 0 Å². The highest BCUT2D eigenvalue weighted by molar-refractivity contribution is 9.10. The van der Waals surface area contributed by atoms with E-state index >= 15 is 0 Å². The number of halogens is 2. The molecule has 0 bridgehead atoms. The Morgan fingerprint density at radius 2 is 1.91 bits per heavy atom. The van der Waals surface area contributed by atoms with E-state index in [9.17, 15) is 9.18 Å². The highest BCUT2D eigenvalue weighted by Gasteiger charge is 2.18. The van der Waals surface area contributed by atoms with Crippen LogP contribution in [-0.2, 0) is 11.3 Å². The van der Waals surface area contributed by atoms with E-state index in [0.717, 1.165) is 22.5 Å². The average molecular weight is 495 g/mol. The van der Waals surface area contributed by atoms with Crippen LogP contribution in [0.2, 0.25) is 0 Å². The quantitative estimate of drug-likeness (QED) is 0.395. The molecule has 2 aromatic carbocycles. The molecule has 0 aliphatic heterocycles. The summed E-state index contributed by atoms with van der Waals surface area (Å²) in [5, 5.41) is 7.63. The van der Waals surface area contributed by atoms with Gasteiger partial charge in [-0.3, -0.25) is 9.78 Å². The molecule has 0 saturated carbocycles. The maximum Gasteiger partial charge on any atom is 0.261 e. The van der Waals surface area contributed by atoms with Crippen LogP contribution in [0.1, 0.15) is 12.5 Å². The van der Waals surface area contributed by atoms with Crippen molar-refractivity contribution in [1.82, 2.24) is 20.1 Å². The summed E-state index contributed by atoms with van der Waals surface area (Å²) >= 11 is 3.25. The van der Waals surface area contributed by atoms with Gasteiger partial charge in [0.1, 0.15) is 11.6 Å². The molecule has 2 aromatic heterocycles. The van der Waals surface area contributed by atoms with Crippen molar-refractivity contribution in [2.75, 3.05) is 0 Å². The van der Waals surface area contributed by atoms with Gasteiger partial charge in [0.15, 0.2) is 6.10 Å². The molecule has 1 unspecified atom stereocenters. The van der Waals surface area contributed by atoms with E-state index in [1.165, 1.54) is 18.2 Å². The van der Waals surface area contributed by atoms with Gasteiger partial charge in [-0.1, -0.05) is 18.2 Å². The monoisotopic (exact) mass is 494 g/mol. The Balaban J connectivity index is 1.51. The number of para-hydroxylation sites is 1. The van der Waals surface area contributed by atoms with Gasteiger partial charge in [-0.25, -0.2) is 9.07 Å². The summed E-state index contributed by atoms with van der Waals surface area (Å²) in [6, 6.07) is 17.6. The number of aromatic nitrogens is 3. The van der Waals surface area contributed by atoms with Crippen LogP contribution in [0.15, 0.2) is 83.7 Å². The van der Waals surface area contributed by atoms with Crippen LogP contribution in [0.3, 0.4) is 0 Å².